The van der Waals surface area contributed by atoms with Crippen LogP contribution >= 0.6 is 46.9 Å². The highest BCUT2D eigenvalue weighted by Crippen LogP contribution is 2.39. The van der Waals surface area contributed by atoms with Crippen LogP contribution in [0.25, 0.3) is 0 Å². The topological polar surface area (TPSA) is 15.3 Å². The molecule has 0 radical (unpaired) electrons. The maximum Gasteiger partial charge on any atom is 0.149 e. The third-order valence-corrected chi connectivity index (χ3v) is 5.31. The molecule has 2 aromatic rings. The molecule has 3 rings (SSSR count). The molecule has 126 valence electrons. The number of thiophene rings is 1. The highest BCUT2D eigenvalue weighted by Gasteiger charge is 2.31. The second kappa shape index (κ2) is 8.10. The first-order valence-electron chi connectivity index (χ1n) is 6.91. The normalized spacial score (nSPS) is 16.9. The molecule has 1 aliphatic rings. The van der Waals surface area contributed by atoms with Crippen molar-refractivity contribution in [3.8, 4) is 0 Å². The Bertz CT molecular complexity index is 675. The molecule has 0 unspecified atom stereocenters. The van der Waals surface area contributed by atoms with Crippen LogP contribution in [0, 0.1) is 11.6 Å². The van der Waals surface area contributed by atoms with Gasteiger partial charge < -0.3 is 5.32 Å². The van der Waals surface area contributed by atoms with Gasteiger partial charge in [-0.25, -0.2) is 8.78 Å². The van der Waals surface area contributed by atoms with Gasteiger partial charge in [-0.2, -0.15) is 0 Å². The van der Waals surface area contributed by atoms with Gasteiger partial charge >= 0.3 is 0 Å². The van der Waals surface area contributed by atoms with Crippen molar-refractivity contribution in [2.24, 2.45) is 0 Å². The summed E-state index contributed by atoms with van der Waals surface area (Å²) in [5, 5.41) is 3.17. The van der Waals surface area contributed by atoms with Crippen LogP contribution < -0.4 is 5.32 Å². The number of nitrogens with one attached hydrogen (secondary N) is 1. The molecule has 0 saturated carbocycles. The summed E-state index contributed by atoms with van der Waals surface area (Å²) in [6, 6.07) is 5.51. The average Bonchev–Trinajstić information content (AvgIpc) is 2.94. The summed E-state index contributed by atoms with van der Waals surface area (Å²) >= 11 is 13.2. The van der Waals surface area contributed by atoms with E-state index in [0.717, 1.165) is 18.0 Å². The second-order valence-electron chi connectivity index (χ2n) is 5.09. The Kier molecular flexibility index (Phi) is 6.66. The number of nitrogens with zero attached hydrogens (tertiary/aromatic N) is 1. The van der Waals surface area contributed by atoms with E-state index in [2.05, 4.69) is 10.2 Å². The molecule has 1 aromatic heterocycles. The predicted molar refractivity (Wildman–Crippen MR) is 94.2 cm³/mol. The fourth-order valence-corrected chi connectivity index (χ4v) is 4.08. The van der Waals surface area contributed by atoms with Crippen LogP contribution in [0.1, 0.15) is 16.5 Å². The minimum absolute atomic E-state index is 0. The molecule has 1 atom stereocenters. The molecule has 1 fully saturated rings. The first-order chi connectivity index (χ1) is 10.6. The van der Waals surface area contributed by atoms with E-state index in [9.17, 15) is 8.78 Å². The molecule has 2 heterocycles. The van der Waals surface area contributed by atoms with Crippen molar-refractivity contribution in [1.29, 1.82) is 0 Å². The van der Waals surface area contributed by atoms with Gasteiger partial charge in [0.15, 0.2) is 0 Å². The lowest BCUT2D eigenvalue weighted by Gasteiger charge is -2.35. The van der Waals surface area contributed by atoms with Crippen LogP contribution in [0.3, 0.4) is 0 Å². The van der Waals surface area contributed by atoms with Crippen molar-refractivity contribution in [1.82, 2.24) is 10.2 Å². The van der Waals surface area contributed by atoms with Crippen molar-refractivity contribution in [2.45, 2.75) is 6.04 Å². The summed E-state index contributed by atoms with van der Waals surface area (Å²) in [6.45, 7) is 2.95. The Morgan fingerprint density at radius 3 is 2.39 bits per heavy atom. The van der Waals surface area contributed by atoms with Gasteiger partial charge in [0.25, 0.3) is 0 Å². The summed E-state index contributed by atoms with van der Waals surface area (Å²) < 4.78 is 29.5. The van der Waals surface area contributed by atoms with Gasteiger partial charge in [-0.05, 0) is 24.3 Å². The van der Waals surface area contributed by atoms with Crippen LogP contribution in [0.15, 0.2) is 24.3 Å². The molecular formula is C15H15Cl3F2N2S. The van der Waals surface area contributed by atoms with Gasteiger partial charge in [-0.1, -0.05) is 23.2 Å². The van der Waals surface area contributed by atoms with E-state index in [1.165, 1.54) is 23.5 Å². The smallest absolute Gasteiger partial charge is 0.149 e. The Balaban J connectivity index is 0.00000192. The zero-order valence-electron chi connectivity index (χ0n) is 12.0. The van der Waals surface area contributed by atoms with Gasteiger partial charge in [0.05, 0.1) is 15.4 Å². The molecule has 0 amide bonds. The van der Waals surface area contributed by atoms with E-state index in [-0.39, 0.29) is 23.0 Å². The third-order valence-electron chi connectivity index (χ3n) is 3.73. The van der Waals surface area contributed by atoms with E-state index in [1.54, 1.807) is 6.07 Å². The lowest BCUT2D eigenvalue weighted by Crippen LogP contribution is -2.45. The standard InChI is InChI=1S/C15H14Cl2F2N2S.ClH/c16-9-1-2-10(18)13(14(9)19)15(11-3-4-12(17)22-11)21-7-5-20-6-8-21;/h1-4,15,20H,5-8H2;1H/t15-;/m0./s1. The number of piperazine rings is 1. The molecule has 1 aliphatic heterocycles. The molecule has 1 saturated heterocycles. The molecule has 0 bridgehead atoms. The van der Waals surface area contributed by atoms with Crippen LogP contribution in [-0.2, 0) is 0 Å². The van der Waals surface area contributed by atoms with Gasteiger partial charge in [0.2, 0.25) is 0 Å². The van der Waals surface area contributed by atoms with E-state index in [4.69, 9.17) is 23.2 Å². The van der Waals surface area contributed by atoms with E-state index in [1.807, 2.05) is 6.07 Å². The Morgan fingerprint density at radius 1 is 1.09 bits per heavy atom. The van der Waals surface area contributed by atoms with Gasteiger partial charge in [-0.3, -0.25) is 4.90 Å². The number of hydrogen-bond acceptors (Lipinski definition) is 3. The predicted octanol–water partition coefficient (Wildman–Crippen LogP) is 4.75. The first kappa shape index (κ1) is 18.9. The van der Waals surface area contributed by atoms with Gasteiger partial charge in [-0.15, -0.1) is 23.7 Å². The van der Waals surface area contributed by atoms with Crippen molar-refractivity contribution in [2.75, 3.05) is 26.2 Å². The summed E-state index contributed by atoms with van der Waals surface area (Å²) in [5.41, 5.74) is -0.00656. The molecule has 1 aromatic carbocycles. The molecule has 2 nitrogen and oxygen atoms in total. The number of benzene rings is 1. The zero-order chi connectivity index (χ0) is 15.7. The molecule has 0 spiro atoms. The highest BCUT2D eigenvalue weighted by atomic mass is 35.5. The molecule has 1 N–H and O–H groups in total. The number of rotatable bonds is 3. The van der Waals surface area contributed by atoms with Crippen LogP contribution in [0.5, 0.6) is 0 Å². The van der Waals surface area contributed by atoms with Crippen LogP contribution in [0.2, 0.25) is 9.36 Å². The fourth-order valence-electron chi connectivity index (χ4n) is 2.71. The summed E-state index contributed by atoms with van der Waals surface area (Å²) in [4.78, 5) is 2.86. The molecule has 23 heavy (non-hydrogen) atoms. The highest BCUT2D eigenvalue weighted by molar-refractivity contribution is 7.16. The summed E-state index contributed by atoms with van der Waals surface area (Å²) in [7, 11) is 0. The van der Waals surface area contributed by atoms with E-state index in [0.29, 0.717) is 17.4 Å². The van der Waals surface area contributed by atoms with E-state index >= 15 is 0 Å². The number of hydrogen-bond donors (Lipinski definition) is 1. The van der Waals surface area contributed by atoms with Gasteiger partial charge in [0, 0.05) is 36.6 Å². The Labute approximate surface area is 153 Å². The van der Waals surface area contributed by atoms with Crippen molar-refractivity contribution < 1.29 is 8.78 Å². The SMILES string of the molecule is Cl.Fc1ccc(Cl)c(F)c1[C@H](c1ccc(Cl)s1)N1CCNCC1. The molecule has 0 aliphatic carbocycles. The summed E-state index contributed by atoms with van der Waals surface area (Å²) in [5.74, 6) is -1.29. The van der Waals surface area contributed by atoms with Crippen molar-refractivity contribution in [3.05, 3.63) is 55.7 Å². The minimum atomic E-state index is -0.699. The monoisotopic (exact) mass is 398 g/mol. The Hall–Kier alpha value is -0.430. The maximum absolute atomic E-state index is 14.5. The third kappa shape index (κ3) is 3.98. The second-order valence-corrected chi connectivity index (χ2v) is 7.24. The molecular weight excluding hydrogens is 385 g/mol. The van der Waals surface area contributed by atoms with Crippen LogP contribution in [0.4, 0.5) is 8.78 Å². The van der Waals surface area contributed by atoms with Crippen LogP contribution in [-0.4, -0.2) is 31.1 Å². The van der Waals surface area contributed by atoms with Crippen molar-refractivity contribution in [3.63, 3.8) is 0 Å². The average molecular weight is 400 g/mol. The molecule has 8 heteroatoms. The summed E-state index contributed by atoms with van der Waals surface area (Å²) in [6.07, 6.45) is 0. The lowest BCUT2D eigenvalue weighted by atomic mass is 10.0. The maximum atomic E-state index is 14.5. The minimum Gasteiger partial charge on any atom is -0.314 e. The number of halogens is 5. The zero-order valence-corrected chi connectivity index (χ0v) is 15.1. The lowest BCUT2D eigenvalue weighted by molar-refractivity contribution is 0.194. The Morgan fingerprint density at radius 2 is 1.78 bits per heavy atom. The first-order valence-corrected chi connectivity index (χ1v) is 8.48. The van der Waals surface area contributed by atoms with Gasteiger partial charge in [0.1, 0.15) is 11.6 Å². The quantitative estimate of drug-likeness (QED) is 0.749. The van der Waals surface area contributed by atoms with E-state index < -0.39 is 17.7 Å². The van der Waals surface area contributed by atoms with Crippen molar-refractivity contribution >= 4 is 46.9 Å². The fraction of sp³-hybridized carbons (Fsp3) is 0.333. The largest absolute Gasteiger partial charge is 0.314 e.